The smallest absolute Gasteiger partial charge is 0.210 e. The highest BCUT2D eigenvalue weighted by Gasteiger charge is 2.02. The molecule has 0 aliphatic heterocycles. The van der Waals surface area contributed by atoms with E-state index in [4.69, 9.17) is 17.4 Å². The fourth-order valence-corrected chi connectivity index (χ4v) is 1.78. The zero-order valence-electron chi connectivity index (χ0n) is 7.51. The van der Waals surface area contributed by atoms with Crippen LogP contribution in [-0.2, 0) is 0 Å². The van der Waals surface area contributed by atoms with Crippen LogP contribution in [-0.4, -0.2) is 13.0 Å². The highest BCUT2D eigenvalue weighted by molar-refractivity contribution is 14.1. The molecule has 4 N–H and O–H groups in total. The standard InChI is InChI=1S/C8H10ClIN4/c1-12-8(14-11)13-7-3-2-5(10)4-6(7)9/h2-4H,11H2,1H3,(H2,12,13,14). The summed E-state index contributed by atoms with van der Waals surface area (Å²) in [5.41, 5.74) is 3.19. The Hall–Kier alpha value is -0.530. The first-order valence-corrected chi connectivity index (χ1v) is 5.28. The van der Waals surface area contributed by atoms with Crippen LogP contribution < -0.4 is 16.6 Å². The molecule has 76 valence electrons. The highest BCUT2D eigenvalue weighted by atomic mass is 127. The molecule has 14 heavy (non-hydrogen) atoms. The number of halogens is 2. The van der Waals surface area contributed by atoms with E-state index in [-0.39, 0.29) is 0 Å². The third-order valence-corrected chi connectivity index (χ3v) is 2.53. The monoisotopic (exact) mass is 324 g/mol. The van der Waals surface area contributed by atoms with Gasteiger partial charge < -0.3 is 5.32 Å². The van der Waals surface area contributed by atoms with Crippen LogP contribution in [0.15, 0.2) is 23.2 Å². The molecule has 0 unspecified atom stereocenters. The van der Waals surface area contributed by atoms with E-state index in [1.54, 1.807) is 7.05 Å². The molecule has 0 aliphatic rings. The number of guanidine groups is 1. The van der Waals surface area contributed by atoms with Gasteiger partial charge in [-0.1, -0.05) is 11.6 Å². The number of nitrogens with one attached hydrogen (secondary N) is 2. The molecule has 4 nitrogen and oxygen atoms in total. The van der Waals surface area contributed by atoms with Crippen molar-refractivity contribution in [2.45, 2.75) is 0 Å². The Balaban J connectivity index is 2.87. The number of aliphatic imine (C=N–C) groups is 1. The summed E-state index contributed by atoms with van der Waals surface area (Å²) in [6, 6.07) is 5.67. The van der Waals surface area contributed by atoms with Crippen LogP contribution in [0.1, 0.15) is 0 Å². The number of rotatable bonds is 1. The van der Waals surface area contributed by atoms with Gasteiger partial charge in [0.1, 0.15) is 0 Å². The van der Waals surface area contributed by atoms with Gasteiger partial charge in [-0.25, -0.2) is 5.84 Å². The quantitative estimate of drug-likeness (QED) is 0.243. The van der Waals surface area contributed by atoms with Crippen molar-refractivity contribution < 1.29 is 0 Å². The number of anilines is 1. The van der Waals surface area contributed by atoms with Gasteiger partial charge in [0.25, 0.3) is 0 Å². The normalized spacial score (nSPS) is 11.3. The average Bonchev–Trinajstić information content (AvgIpc) is 2.17. The lowest BCUT2D eigenvalue weighted by molar-refractivity contribution is 1.01. The lowest BCUT2D eigenvalue weighted by Crippen LogP contribution is -2.36. The third-order valence-electron chi connectivity index (χ3n) is 1.54. The molecule has 0 saturated carbocycles. The van der Waals surface area contributed by atoms with Gasteiger partial charge in [0.05, 0.1) is 10.7 Å². The molecule has 0 heterocycles. The summed E-state index contributed by atoms with van der Waals surface area (Å²) in [5, 5.41) is 3.59. The Morgan fingerprint density at radius 1 is 1.57 bits per heavy atom. The van der Waals surface area contributed by atoms with Gasteiger partial charge in [0.2, 0.25) is 5.96 Å². The summed E-state index contributed by atoms with van der Waals surface area (Å²) in [4.78, 5) is 3.87. The van der Waals surface area contributed by atoms with Gasteiger partial charge in [-0.15, -0.1) is 0 Å². The van der Waals surface area contributed by atoms with Crippen LogP contribution >= 0.6 is 34.2 Å². The molecule has 1 aromatic carbocycles. The Kier molecular flexibility index (Phi) is 4.43. The highest BCUT2D eigenvalue weighted by Crippen LogP contribution is 2.23. The SMILES string of the molecule is CN=C(NN)Nc1ccc(I)cc1Cl. The summed E-state index contributed by atoms with van der Waals surface area (Å²) >= 11 is 8.19. The Bertz CT molecular complexity index is 353. The number of hydrogen-bond acceptors (Lipinski definition) is 2. The summed E-state index contributed by atoms with van der Waals surface area (Å²) in [5.74, 6) is 5.69. The van der Waals surface area contributed by atoms with Gasteiger partial charge in [-0.05, 0) is 40.8 Å². The van der Waals surface area contributed by atoms with Crippen LogP contribution in [0.2, 0.25) is 5.02 Å². The Labute approximate surface area is 101 Å². The molecular formula is C8H10ClIN4. The summed E-state index contributed by atoms with van der Waals surface area (Å²) in [6.07, 6.45) is 0. The van der Waals surface area contributed by atoms with Crippen LogP contribution in [0, 0.1) is 3.57 Å². The number of benzene rings is 1. The van der Waals surface area contributed by atoms with Gasteiger partial charge in [-0.3, -0.25) is 10.4 Å². The molecular weight excluding hydrogens is 314 g/mol. The summed E-state index contributed by atoms with van der Waals surface area (Å²) < 4.78 is 1.08. The van der Waals surface area contributed by atoms with E-state index in [0.717, 1.165) is 9.26 Å². The topological polar surface area (TPSA) is 62.4 Å². The molecule has 0 aliphatic carbocycles. The van der Waals surface area contributed by atoms with Crippen LogP contribution in [0.3, 0.4) is 0 Å². The Morgan fingerprint density at radius 3 is 2.79 bits per heavy atom. The number of hydrazine groups is 1. The fraction of sp³-hybridized carbons (Fsp3) is 0.125. The third kappa shape index (κ3) is 3.00. The van der Waals surface area contributed by atoms with E-state index in [1.165, 1.54) is 0 Å². The van der Waals surface area contributed by atoms with Crippen molar-refractivity contribution in [1.82, 2.24) is 5.43 Å². The molecule has 0 saturated heterocycles. The molecule has 1 rings (SSSR count). The first-order valence-electron chi connectivity index (χ1n) is 3.83. The zero-order chi connectivity index (χ0) is 10.6. The maximum atomic E-state index is 6.00. The van der Waals surface area contributed by atoms with E-state index < -0.39 is 0 Å². The molecule has 6 heteroatoms. The number of nitrogens with zero attached hydrogens (tertiary/aromatic N) is 1. The zero-order valence-corrected chi connectivity index (χ0v) is 10.4. The van der Waals surface area contributed by atoms with E-state index in [2.05, 4.69) is 38.3 Å². The molecule has 0 radical (unpaired) electrons. The second-order valence-electron chi connectivity index (χ2n) is 2.47. The lowest BCUT2D eigenvalue weighted by Gasteiger charge is -2.09. The van der Waals surface area contributed by atoms with Crippen molar-refractivity contribution in [2.75, 3.05) is 12.4 Å². The molecule has 0 spiro atoms. The fourth-order valence-electron chi connectivity index (χ4n) is 0.875. The number of hydrogen-bond donors (Lipinski definition) is 3. The van der Waals surface area contributed by atoms with E-state index in [0.29, 0.717) is 11.0 Å². The minimum atomic E-state index is 0.466. The van der Waals surface area contributed by atoms with Gasteiger partial charge >= 0.3 is 0 Å². The van der Waals surface area contributed by atoms with E-state index in [1.807, 2.05) is 18.2 Å². The minimum Gasteiger partial charge on any atom is -0.324 e. The van der Waals surface area contributed by atoms with Crippen LogP contribution in [0.25, 0.3) is 0 Å². The molecule has 0 fully saturated rings. The van der Waals surface area contributed by atoms with Crippen molar-refractivity contribution in [3.8, 4) is 0 Å². The van der Waals surface area contributed by atoms with Crippen molar-refractivity contribution in [3.05, 3.63) is 26.8 Å². The Morgan fingerprint density at radius 2 is 2.29 bits per heavy atom. The lowest BCUT2D eigenvalue weighted by atomic mass is 10.3. The van der Waals surface area contributed by atoms with Crippen LogP contribution in [0.5, 0.6) is 0 Å². The molecule has 1 aromatic rings. The first kappa shape index (κ1) is 11.5. The van der Waals surface area contributed by atoms with Gasteiger partial charge in [0, 0.05) is 10.6 Å². The minimum absolute atomic E-state index is 0.466. The molecule has 0 bridgehead atoms. The summed E-state index contributed by atoms with van der Waals surface area (Å²) in [7, 11) is 1.63. The second kappa shape index (κ2) is 5.38. The number of nitrogens with two attached hydrogens (primary N) is 1. The van der Waals surface area contributed by atoms with Gasteiger partial charge in [-0.2, -0.15) is 0 Å². The maximum Gasteiger partial charge on any atom is 0.210 e. The van der Waals surface area contributed by atoms with E-state index >= 15 is 0 Å². The van der Waals surface area contributed by atoms with Crippen molar-refractivity contribution in [2.24, 2.45) is 10.8 Å². The maximum absolute atomic E-state index is 6.00. The average molecular weight is 325 g/mol. The van der Waals surface area contributed by atoms with Crippen molar-refractivity contribution in [3.63, 3.8) is 0 Å². The predicted molar refractivity (Wildman–Crippen MR) is 68.5 cm³/mol. The predicted octanol–water partition coefficient (Wildman–Crippen LogP) is 1.81. The van der Waals surface area contributed by atoms with Crippen LogP contribution in [0.4, 0.5) is 5.69 Å². The molecule has 0 aromatic heterocycles. The van der Waals surface area contributed by atoms with E-state index in [9.17, 15) is 0 Å². The summed E-state index contributed by atoms with van der Waals surface area (Å²) in [6.45, 7) is 0. The molecule has 0 atom stereocenters. The first-order chi connectivity index (χ1) is 6.67. The van der Waals surface area contributed by atoms with Gasteiger partial charge in [0.15, 0.2) is 0 Å². The second-order valence-corrected chi connectivity index (χ2v) is 4.12. The van der Waals surface area contributed by atoms with Crippen molar-refractivity contribution in [1.29, 1.82) is 0 Å². The molecule has 0 amide bonds. The largest absolute Gasteiger partial charge is 0.324 e. The van der Waals surface area contributed by atoms with Crippen molar-refractivity contribution >= 4 is 45.8 Å².